The Hall–Kier alpha value is -1.22. The van der Waals surface area contributed by atoms with Crippen LogP contribution in [0.15, 0.2) is 36.4 Å². The van der Waals surface area contributed by atoms with Crippen molar-refractivity contribution < 1.29 is 8.78 Å². The molecule has 0 spiro atoms. The lowest BCUT2D eigenvalue weighted by molar-refractivity contribution is 0.151. The number of halogens is 2. The summed E-state index contributed by atoms with van der Waals surface area (Å²) in [7, 11) is 0. The lowest BCUT2D eigenvalue weighted by atomic mass is 10.0. The fourth-order valence-electron chi connectivity index (χ4n) is 1.23. The molecule has 82 valence electrons. The molecule has 0 saturated carbocycles. The molecule has 0 aliphatic heterocycles. The minimum absolute atomic E-state index is 0.0441. The largest absolute Gasteiger partial charge is 0.324 e. The number of hydrogen-bond acceptors (Lipinski definition) is 1. The van der Waals surface area contributed by atoms with Crippen LogP contribution in [0, 0.1) is 0 Å². The molecule has 2 N–H and O–H groups in total. The van der Waals surface area contributed by atoms with E-state index in [1.807, 2.05) is 6.92 Å². The molecule has 0 heterocycles. The molecule has 1 aromatic rings. The summed E-state index contributed by atoms with van der Waals surface area (Å²) in [4.78, 5) is 0. The van der Waals surface area contributed by atoms with Crippen LogP contribution in [0.4, 0.5) is 8.78 Å². The molecule has 0 bridgehead atoms. The Bertz CT molecular complexity index is 330. The van der Waals surface area contributed by atoms with Crippen molar-refractivity contribution in [3.63, 3.8) is 0 Å². The molecule has 0 amide bonds. The zero-order chi connectivity index (χ0) is 11.4. The van der Waals surface area contributed by atoms with Crippen LogP contribution in [0.3, 0.4) is 0 Å². The fourth-order valence-corrected chi connectivity index (χ4v) is 1.23. The normalized spacial score (nSPS) is 12.9. The van der Waals surface area contributed by atoms with Crippen LogP contribution in [-0.2, 0) is 6.42 Å². The van der Waals surface area contributed by atoms with Gasteiger partial charge in [-0.3, -0.25) is 0 Å². The van der Waals surface area contributed by atoms with Crippen molar-refractivity contribution in [2.24, 2.45) is 5.73 Å². The average Bonchev–Trinajstić information content (AvgIpc) is 2.18. The zero-order valence-electron chi connectivity index (χ0n) is 8.71. The van der Waals surface area contributed by atoms with E-state index in [0.29, 0.717) is 6.42 Å². The molecule has 1 aromatic carbocycles. The van der Waals surface area contributed by atoms with Crippen LogP contribution in [0.1, 0.15) is 24.5 Å². The maximum Gasteiger partial charge on any atom is 0.263 e. The molecule has 0 fully saturated rings. The van der Waals surface area contributed by atoms with E-state index >= 15 is 0 Å². The van der Waals surface area contributed by atoms with Crippen LogP contribution in [0.25, 0.3) is 0 Å². The van der Waals surface area contributed by atoms with Gasteiger partial charge in [0.25, 0.3) is 6.43 Å². The van der Waals surface area contributed by atoms with E-state index in [0.717, 1.165) is 11.1 Å². The molecule has 3 heteroatoms. The van der Waals surface area contributed by atoms with Gasteiger partial charge in [0.15, 0.2) is 0 Å². The van der Waals surface area contributed by atoms with Crippen LogP contribution in [0.2, 0.25) is 0 Å². The van der Waals surface area contributed by atoms with E-state index in [9.17, 15) is 8.78 Å². The van der Waals surface area contributed by atoms with Crippen molar-refractivity contribution in [3.8, 4) is 0 Å². The van der Waals surface area contributed by atoms with Gasteiger partial charge < -0.3 is 5.73 Å². The predicted octanol–water partition coefficient (Wildman–Crippen LogP) is 3.07. The monoisotopic (exact) mass is 211 g/mol. The Morgan fingerprint density at radius 3 is 2.27 bits per heavy atom. The second kappa shape index (κ2) is 5.03. The van der Waals surface area contributed by atoms with Gasteiger partial charge in [-0.1, -0.05) is 36.4 Å². The third kappa shape index (κ3) is 3.44. The Morgan fingerprint density at radius 2 is 1.87 bits per heavy atom. The maximum absolute atomic E-state index is 12.3. The first-order valence-electron chi connectivity index (χ1n) is 4.78. The zero-order valence-corrected chi connectivity index (χ0v) is 8.71. The van der Waals surface area contributed by atoms with Crippen molar-refractivity contribution in [1.82, 2.24) is 0 Å². The Labute approximate surface area is 88.6 Å². The lowest BCUT2D eigenvalue weighted by Crippen LogP contribution is -2.23. The highest BCUT2D eigenvalue weighted by molar-refractivity contribution is 5.25. The second-order valence-electron chi connectivity index (χ2n) is 3.70. The number of alkyl halides is 2. The summed E-state index contributed by atoms with van der Waals surface area (Å²) < 4.78 is 24.5. The summed E-state index contributed by atoms with van der Waals surface area (Å²) in [6.07, 6.45) is -1.77. The average molecular weight is 211 g/mol. The quantitative estimate of drug-likeness (QED) is 0.761. The second-order valence-corrected chi connectivity index (χ2v) is 3.70. The summed E-state index contributed by atoms with van der Waals surface area (Å²) in [6.45, 7) is 5.61. The third-order valence-corrected chi connectivity index (χ3v) is 2.32. The SMILES string of the molecule is C=C(C)C(N)Cc1ccc(C(F)F)cc1. The number of nitrogens with two attached hydrogens (primary N) is 1. The summed E-state index contributed by atoms with van der Waals surface area (Å²) in [5, 5.41) is 0. The van der Waals surface area contributed by atoms with Gasteiger partial charge in [-0.25, -0.2) is 8.78 Å². The van der Waals surface area contributed by atoms with Gasteiger partial charge in [0, 0.05) is 11.6 Å². The topological polar surface area (TPSA) is 26.0 Å². The minimum Gasteiger partial charge on any atom is -0.324 e. The van der Waals surface area contributed by atoms with Crippen LogP contribution in [-0.4, -0.2) is 6.04 Å². The first-order chi connectivity index (χ1) is 7.00. The first-order valence-corrected chi connectivity index (χ1v) is 4.78. The Balaban J connectivity index is 2.68. The molecule has 1 unspecified atom stereocenters. The number of benzene rings is 1. The van der Waals surface area contributed by atoms with Gasteiger partial charge in [-0.15, -0.1) is 0 Å². The smallest absolute Gasteiger partial charge is 0.263 e. The number of hydrogen-bond donors (Lipinski definition) is 1. The van der Waals surface area contributed by atoms with E-state index in [1.165, 1.54) is 12.1 Å². The summed E-state index contributed by atoms with van der Waals surface area (Å²) in [5.74, 6) is 0. The predicted molar refractivity (Wildman–Crippen MR) is 57.9 cm³/mol. The van der Waals surface area contributed by atoms with E-state index in [-0.39, 0.29) is 11.6 Å². The highest BCUT2D eigenvalue weighted by atomic mass is 19.3. The van der Waals surface area contributed by atoms with Crippen LogP contribution >= 0.6 is 0 Å². The maximum atomic E-state index is 12.3. The molecule has 0 aliphatic carbocycles. The molecular weight excluding hydrogens is 196 g/mol. The molecule has 0 aromatic heterocycles. The van der Waals surface area contributed by atoms with E-state index in [4.69, 9.17) is 5.73 Å². The first kappa shape index (κ1) is 11.9. The summed E-state index contributed by atoms with van der Waals surface area (Å²) >= 11 is 0. The highest BCUT2D eigenvalue weighted by Crippen LogP contribution is 2.19. The van der Waals surface area contributed by atoms with Crippen molar-refractivity contribution in [1.29, 1.82) is 0 Å². The van der Waals surface area contributed by atoms with Gasteiger partial charge in [0.05, 0.1) is 0 Å². The van der Waals surface area contributed by atoms with Gasteiger partial charge in [0.1, 0.15) is 0 Å². The molecule has 1 rings (SSSR count). The van der Waals surface area contributed by atoms with Gasteiger partial charge in [0.2, 0.25) is 0 Å². The van der Waals surface area contributed by atoms with Crippen molar-refractivity contribution >= 4 is 0 Å². The standard InChI is InChI=1S/C12H15F2N/c1-8(2)11(15)7-9-3-5-10(6-4-9)12(13)14/h3-6,11-12H,1,7,15H2,2H3. The van der Waals surface area contributed by atoms with Crippen molar-refractivity contribution in [2.45, 2.75) is 25.8 Å². The molecule has 1 atom stereocenters. The molecule has 0 aliphatic rings. The minimum atomic E-state index is -2.41. The molecule has 1 nitrogen and oxygen atoms in total. The number of rotatable bonds is 4. The van der Waals surface area contributed by atoms with E-state index < -0.39 is 6.43 Å². The third-order valence-electron chi connectivity index (χ3n) is 2.32. The van der Waals surface area contributed by atoms with Crippen molar-refractivity contribution in [3.05, 3.63) is 47.5 Å². The molecule has 0 saturated heterocycles. The summed E-state index contributed by atoms with van der Waals surface area (Å²) in [5.41, 5.74) is 7.69. The van der Waals surface area contributed by atoms with Crippen LogP contribution < -0.4 is 5.73 Å². The molecule has 0 radical (unpaired) electrons. The van der Waals surface area contributed by atoms with E-state index in [1.54, 1.807) is 12.1 Å². The lowest BCUT2D eigenvalue weighted by Gasteiger charge is -2.11. The fraction of sp³-hybridized carbons (Fsp3) is 0.333. The van der Waals surface area contributed by atoms with Crippen molar-refractivity contribution in [2.75, 3.05) is 0 Å². The molecular formula is C12H15F2N. The summed E-state index contributed by atoms with van der Waals surface area (Å²) in [6, 6.07) is 6.13. The van der Waals surface area contributed by atoms with Gasteiger partial charge >= 0.3 is 0 Å². The highest BCUT2D eigenvalue weighted by Gasteiger charge is 2.08. The molecule has 15 heavy (non-hydrogen) atoms. The Morgan fingerprint density at radius 1 is 1.33 bits per heavy atom. The van der Waals surface area contributed by atoms with Gasteiger partial charge in [-0.05, 0) is 18.9 Å². The van der Waals surface area contributed by atoms with Crippen LogP contribution in [0.5, 0.6) is 0 Å². The Kier molecular flexibility index (Phi) is 3.97. The van der Waals surface area contributed by atoms with Gasteiger partial charge in [-0.2, -0.15) is 0 Å². The van der Waals surface area contributed by atoms with E-state index in [2.05, 4.69) is 6.58 Å².